The summed E-state index contributed by atoms with van der Waals surface area (Å²) in [5.74, 6) is 0. The van der Waals surface area contributed by atoms with Crippen LogP contribution in [0.15, 0.2) is 12.1 Å². The lowest BCUT2D eigenvalue weighted by atomic mass is 9.86. The fourth-order valence-corrected chi connectivity index (χ4v) is 2.87. The van der Waals surface area contributed by atoms with E-state index in [4.69, 9.17) is 5.73 Å². The molecule has 1 atom stereocenters. The van der Waals surface area contributed by atoms with E-state index >= 15 is 0 Å². The van der Waals surface area contributed by atoms with Crippen molar-refractivity contribution < 1.29 is 0 Å². The van der Waals surface area contributed by atoms with Gasteiger partial charge < -0.3 is 5.73 Å². The third kappa shape index (κ3) is 1.27. The molecule has 1 aromatic carbocycles. The van der Waals surface area contributed by atoms with Gasteiger partial charge in [-0.3, -0.25) is 0 Å². The third-order valence-corrected chi connectivity index (χ3v) is 3.68. The monoisotopic (exact) mass is 187 g/mol. The minimum atomic E-state index is 0.405. The van der Waals surface area contributed by atoms with Gasteiger partial charge in [-0.25, -0.2) is 0 Å². The molecule has 0 fully saturated rings. The summed E-state index contributed by atoms with van der Waals surface area (Å²) < 4.78 is 0. The molecule has 0 amide bonds. The van der Waals surface area contributed by atoms with E-state index in [-0.39, 0.29) is 0 Å². The molecule has 1 aromatic rings. The standard InChI is InChI=1S/C13H17N/c14-13-5-4-11-6-9-2-1-3-10(9)7-12(11)8-13/h6-7,13H,1-5,8,14H2. The lowest BCUT2D eigenvalue weighted by Gasteiger charge is -2.22. The van der Waals surface area contributed by atoms with Gasteiger partial charge in [-0.1, -0.05) is 12.1 Å². The lowest BCUT2D eigenvalue weighted by Crippen LogP contribution is -2.27. The van der Waals surface area contributed by atoms with E-state index in [1.807, 2.05) is 0 Å². The Bertz CT molecular complexity index is 368. The topological polar surface area (TPSA) is 26.0 Å². The molecule has 0 saturated heterocycles. The van der Waals surface area contributed by atoms with Gasteiger partial charge in [0.25, 0.3) is 0 Å². The summed E-state index contributed by atoms with van der Waals surface area (Å²) in [7, 11) is 0. The fraction of sp³-hybridized carbons (Fsp3) is 0.538. The second kappa shape index (κ2) is 3.09. The number of benzene rings is 1. The van der Waals surface area contributed by atoms with Crippen molar-refractivity contribution in [2.75, 3.05) is 0 Å². The van der Waals surface area contributed by atoms with Gasteiger partial charge in [0, 0.05) is 6.04 Å². The molecule has 2 N–H and O–H groups in total. The second-order valence-electron chi connectivity index (χ2n) is 4.75. The number of aryl methyl sites for hydroxylation is 3. The average molecular weight is 187 g/mol. The maximum absolute atomic E-state index is 5.99. The summed E-state index contributed by atoms with van der Waals surface area (Å²) in [6.45, 7) is 0. The Morgan fingerprint density at radius 2 is 1.57 bits per heavy atom. The summed E-state index contributed by atoms with van der Waals surface area (Å²) >= 11 is 0. The van der Waals surface area contributed by atoms with Crippen molar-refractivity contribution in [1.29, 1.82) is 0 Å². The smallest absolute Gasteiger partial charge is 0.00825 e. The van der Waals surface area contributed by atoms with Crippen LogP contribution in [-0.4, -0.2) is 6.04 Å². The molecule has 14 heavy (non-hydrogen) atoms. The predicted molar refractivity (Wildman–Crippen MR) is 58.5 cm³/mol. The minimum Gasteiger partial charge on any atom is -0.327 e. The van der Waals surface area contributed by atoms with Crippen LogP contribution in [0.4, 0.5) is 0 Å². The Balaban J connectivity index is 2.06. The zero-order chi connectivity index (χ0) is 9.54. The van der Waals surface area contributed by atoms with Gasteiger partial charge >= 0.3 is 0 Å². The molecule has 0 aromatic heterocycles. The second-order valence-corrected chi connectivity index (χ2v) is 4.75. The summed E-state index contributed by atoms with van der Waals surface area (Å²) in [6.07, 6.45) is 7.41. The number of rotatable bonds is 0. The van der Waals surface area contributed by atoms with Gasteiger partial charge in [0.1, 0.15) is 0 Å². The predicted octanol–water partition coefficient (Wildman–Crippen LogP) is 1.99. The van der Waals surface area contributed by atoms with Gasteiger partial charge in [-0.05, 0) is 60.8 Å². The molecule has 1 nitrogen and oxygen atoms in total. The molecular formula is C13H17N. The van der Waals surface area contributed by atoms with Gasteiger partial charge in [-0.2, -0.15) is 0 Å². The summed E-state index contributed by atoms with van der Waals surface area (Å²) in [5, 5.41) is 0. The van der Waals surface area contributed by atoms with Crippen LogP contribution in [0.1, 0.15) is 35.1 Å². The van der Waals surface area contributed by atoms with Crippen LogP contribution in [0.2, 0.25) is 0 Å². The highest BCUT2D eigenvalue weighted by Gasteiger charge is 2.19. The molecule has 2 aliphatic rings. The Morgan fingerprint density at radius 1 is 0.929 bits per heavy atom. The molecule has 0 aliphatic heterocycles. The molecule has 0 bridgehead atoms. The highest BCUT2D eigenvalue weighted by Crippen LogP contribution is 2.29. The van der Waals surface area contributed by atoms with Crippen molar-refractivity contribution in [3.63, 3.8) is 0 Å². The van der Waals surface area contributed by atoms with Crippen LogP contribution >= 0.6 is 0 Å². The van der Waals surface area contributed by atoms with Crippen molar-refractivity contribution in [1.82, 2.24) is 0 Å². The Labute approximate surface area is 85.3 Å². The summed E-state index contributed by atoms with van der Waals surface area (Å²) in [6, 6.07) is 5.28. The Hall–Kier alpha value is -0.820. The third-order valence-electron chi connectivity index (χ3n) is 3.68. The van der Waals surface area contributed by atoms with Gasteiger partial charge in [-0.15, -0.1) is 0 Å². The average Bonchev–Trinajstić information content (AvgIpc) is 2.61. The van der Waals surface area contributed by atoms with Gasteiger partial charge in [0.2, 0.25) is 0 Å². The zero-order valence-corrected chi connectivity index (χ0v) is 8.55. The van der Waals surface area contributed by atoms with E-state index in [0.717, 1.165) is 6.42 Å². The highest BCUT2D eigenvalue weighted by atomic mass is 14.6. The number of hydrogen-bond donors (Lipinski definition) is 1. The van der Waals surface area contributed by atoms with Crippen LogP contribution in [0, 0.1) is 0 Å². The minimum absolute atomic E-state index is 0.405. The molecule has 74 valence electrons. The van der Waals surface area contributed by atoms with E-state index in [0.29, 0.717) is 6.04 Å². The lowest BCUT2D eigenvalue weighted by molar-refractivity contribution is 0.576. The fourth-order valence-electron chi connectivity index (χ4n) is 2.87. The molecule has 2 aliphatic carbocycles. The first-order chi connectivity index (χ1) is 6.83. The van der Waals surface area contributed by atoms with Crippen molar-refractivity contribution >= 4 is 0 Å². The first kappa shape index (κ1) is 8.49. The number of fused-ring (bicyclic) bond motifs is 2. The largest absolute Gasteiger partial charge is 0.327 e. The number of hydrogen-bond acceptors (Lipinski definition) is 1. The molecule has 0 radical (unpaired) electrons. The molecule has 1 unspecified atom stereocenters. The van der Waals surface area contributed by atoms with E-state index < -0.39 is 0 Å². The number of nitrogens with two attached hydrogens (primary N) is 1. The van der Waals surface area contributed by atoms with Crippen molar-refractivity contribution in [2.45, 2.75) is 44.6 Å². The van der Waals surface area contributed by atoms with E-state index in [9.17, 15) is 0 Å². The van der Waals surface area contributed by atoms with Gasteiger partial charge in [0.15, 0.2) is 0 Å². The van der Waals surface area contributed by atoms with Crippen LogP contribution in [0.5, 0.6) is 0 Å². The Kier molecular flexibility index (Phi) is 1.88. The van der Waals surface area contributed by atoms with Crippen molar-refractivity contribution in [3.05, 3.63) is 34.4 Å². The van der Waals surface area contributed by atoms with Crippen LogP contribution in [-0.2, 0) is 25.7 Å². The molecule has 0 spiro atoms. The SMILES string of the molecule is NC1CCc2cc3c(cc2C1)CCC3. The quantitative estimate of drug-likeness (QED) is 0.660. The van der Waals surface area contributed by atoms with Crippen LogP contribution < -0.4 is 5.73 Å². The van der Waals surface area contributed by atoms with Crippen LogP contribution in [0.3, 0.4) is 0 Å². The molecule has 0 saturated carbocycles. The maximum atomic E-state index is 5.99. The molecule has 3 rings (SSSR count). The van der Waals surface area contributed by atoms with Gasteiger partial charge in [0.05, 0.1) is 0 Å². The summed E-state index contributed by atoms with van der Waals surface area (Å²) in [5.41, 5.74) is 12.3. The first-order valence-corrected chi connectivity index (χ1v) is 5.72. The maximum Gasteiger partial charge on any atom is 0.00825 e. The van der Waals surface area contributed by atoms with Crippen LogP contribution in [0.25, 0.3) is 0 Å². The zero-order valence-electron chi connectivity index (χ0n) is 8.55. The van der Waals surface area contributed by atoms with E-state index in [1.165, 1.54) is 37.7 Å². The normalized spacial score (nSPS) is 24.5. The highest BCUT2D eigenvalue weighted by molar-refractivity contribution is 5.42. The summed E-state index contributed by atoms with van der Waals surface area (Å²) in [4.78, 5) is 0. The van der Waals surface area contributed by atoms with E-state index in [2.05, 4.69) is 12.1 Å². The molecular weight excluding hydrogens is 170 g/mol. The first-order valence-electron chi connectivity index (χ1n) is 5.72. The molecule has 0 heterocycles. The van der Waals surface area contributed by atoms with Crippen molar-refractivity contribution in [3.8, 4) is 0 Å². The molecule has 1 heteroatoms. The van der Waals surface area contributed by atoms with E-state index in [1.54, 1.807) is 16.7 Å². The Morgan fingerprint density at radius 3 is 2.36 bits per heavy atom. The van der Waals surface area contributed by atoms with Crippen molar-refractivity contribution in [2.24, 2.45) is 5.73 Å².